The van der Waals surface area contributed by atoms with E-state index in [1.54, 1.807) is 0 Å². The number of nitrogens with zero attached hydrogens (tertiary/aromatic N) is 3. The molecule has 9 heteroatoms. The molecule has 0 aromatic carbocycles. The Hall–Kier alpha value is -2.23. The average Bonchev–Trinajstić information content (AvgIpc) is 3.75. The van der Waals surface area contributed by atoms with Crippen molar-refractivity contribution in [3.63, 3.8) is 0 Å². The molecule has 1 amide bonds. The van der Waals surface area contributed by atoms with Crippen LogP contribution in [0.5, 0.6) is 0 Å². The molecular weight excluding hydrogens is 502 g/mol. The van der Waals surface area contributed by atoms with Crippen LogP contribution in [0, 0.1) is 5.92 Å². The second-order valence-electron chi connectivity index (χ2n) is 12.7. The fourth-order valence-corrected chi connectivity index (χ4v) is 7.36. The maximum Gasteiger partial charge on any atom is 0.237 e. The van der Waals surface area contributed by atoms with Crippen molar-refractivity contribution in [3.05, 3.63) is 36.4 Å². The number of nitrogens with one attached hydrogen (secondary N) is 4. The topological polar surface area (TPSA) is 120 Å². The smallest absolute Gasteiger partial charge is 0.237 e. The SMILES string of the molecule is CCC.O=C(N[C@@H](CC1CCCCN1)c1ncc(C2CCC(n3ccnc3)CC2)[nH]1)C1CC2CC(O)CCC2N1. The van der Waals surface area contributed by atoms with Crippen molar-refractivity contribution >= 4 is 5.91 Å². The Morgan fingerprint density at radius 1 is 1.12 bits per heavy atom. The molecule has 2 saturated heterocycles. The summed E-state index contributed by atoms with van der Waals surface area (Å²) in [7, 11) is 0. The molecule has 2 aliphatic heterocycles. The van der Waals surface area contributed by atoms with E-state index in [0.29, 0.717) is 30.0 Å². The lowest BCUT2D eigenvalue weighted by atomic mass is 9.83. The summed E-state index contributed by atoms with van der Waals surface area (Å²) in [5.41, 5.74) is 1.20. The van der Waals surface area contributed by atoms with Crippen molar-refractivity contribution in [2.24, 2.45) is 5.92 Å². The Morgan fingerprint density at radius 3 is 2.67 bits per heavy atom. The van der Waals surface area contributed by atoms with E-state index >= 15 is 0 Å². The normalized spacial score (nSPS) is 32.9. The second-order valence-corrected chi connectivity index (χ2v) is 12.7. The zero-order valence-electron chi connectivity index (χ0n) is 24.5. The molecule has 2 aromatic rings. The molecule has 2 aromatic heterocycles. The molecule has 5 N–H and O–H groups in total. The van der Waals surface area contributed by atoms with Crippen LogP contribution in [-0.4, -0.2) is 61.3 Å². The van der Waals surface area contributed by atoms with Crippen molar-refractivity contribution in [2.75, 3.05) is 6.54 Å². The number of piperidine rings is 1. The number of fused-ring (bicyclic) bond motifs is 1. The van der Waals surface area contributed by atoms with Gasteiger partial charge in [-0.2, -0.15) is 0 Å². The molecule has 4 heterocycles. The van der Waals surface area contributed by atoms with Crippen LogP contribution < -0.4 is 16.0 Å². The summed E-state index contributed by atoms with van der Waals surface area (Å²) in [6.07, 6.45) is 21.3. The number of amides is 1. The van der Waals surface area contributed by atoms with Gasteiger partial charge in [-0.15, -0.1) is 0 Å². The first-order chi connectivity index (χ1) is 19.5. The Balaban J connectivity index is 0.00000103. The summed E-state index contributed by atoms with van der Waals surface area (Å²) in [6.45, 7) is 5.30. The maximum atomic E-state index is 13.4. The van der Waals surface area contributed by atoms with Gasteiger partial charge in [0.2, 0.25) is 5.91 Å². The van der Waals surface area contributed by atoms with E-state index in [-0.39, 0.29) is 24.1 Å². The van der Waals surface area contributed by atoms with Crippen LogP contribution >= 0.6 is 0 Å². The van der Waals surface area contributed by atoms with Crippen molar-refractivity contribution in [1.82, 2.24) is 35.5 Å². The molecule has 222 valence electrons. The van der Waals surface area contributed by atoms with Gasteiger partial charge in [-0.05, 0) is 83.1 Å². The predicted molar refractivity (Wildman–Crippen MR) is 157 cm³/mol. The fourth-order valence-electron chi connectivity index (χ4n) is 7.36. The summed E-state index contributed by atoms with van der Waals surface area (Å²) in [5.74, 6) is 1.84. The number of aliphatic hydroxyl groups is 1. The Bertz CT molecular complexity index is 1030. The highest BCUT2D eigenvalue weighted by Gasteiger charge is 2.41. The van der Waals surface area contributed by atoms with Crippen LogP contribution in [0.1, 0.15) is 127 Å². The van der Waals surface area contributed by atoms with Gasteiger partial charge in [0.15, 0.2) is 0 Å². The van der Waals surface area contributed by atoms with Crippen molar-refractivity contribution in [2.45, 2.75) is 140 Å². The first-order valence-corrected chi connectivity index (χ1v) is 16.0. The number of H-pyrrole nitrogens is 1. The van der Waals surface area contributed by atoms with Crippen molar-refractivity contribution < 1.29 is 9.90 Å². The number of hydrogen-bond donors (Lipinski definition) is 5. The number of imidazole rings is 2. The number of rotatable bonds is 7. The lowest BCUT2D eigenvalue weighted by molar-refractivity contribution is -0.123. The Labute approximate surface area is 239 Å². The molecule has 4 aliphatic rings. The molecule has 2 saturated carbocycles. The minimum atomic E-state index is -0.216. The monoisotopic (exact) mass is 553 g/mol. The molecule has 2 aliphatic carbocycles. The molecule has 0 radical (unpaired) electrons. The second kappa shape index (κ2) is 14.1. The molecule has 40 heavy (non-hydrogen) atoms. The standard InChI is InChI=1S/C28H43N7O2.C3H8/c36-22-8-9-23-19(13-22)14-25(32-23)28(37)34-24(15-20-3-1-2-10-30-20)27-31-16-26(33-27)18-4-6-21(7-5-18)35-12-11-29-17-35;1-3-2/h11-12,16-25,30,32,36H,1-10,13-15H2,(H,31,33)(H,34,37);3H2,1-2H3/t18?,19?,20?,21?,22?,23?,24-,25?;/m0./s1. The minimum Gasteiger partial charge on any atom is -0.393 e. The van der Waals surface area contributed by atoms with Gasteiger partial charge in [0.05, 0.1) is 24.5 Å². The quantitative estimate of drug-likeness (QED) is 0.344. The van der Waals surface area contributed by atoms with Crippen LogP contribution in [0.15, 0.2) is 24.9 Å². The third-order valence-electron chi connectivity index (χ3n) is 9.50. The van der Waals surface area contributed by atoms with E-state index in [1.807, 2.05) is 18.7 Å². The number of aliphatic hydroxyl groups excluding tert-OH is 1. The van der Waals surface area contributed by atoms with E-state index in [1.165, 1.54) is 25.0 Å². The number of carbonyl (C=O) groups is 1. The minimum absolute atomic E-state index is 0.0727. The zero-order chi connectivity index (χ0) is 27.9. The van der Waals surface area contributed by atoms with E-state index in [4.69, 9.17) is 4.98 Å². The van der Waals surface area contributed by atoms with Gasteiger partial charge in [0.25, 0.3) is 0 Å². The number of aromatic nitrogens is 4. The molecule has 6 atom stereocenters. The summed E-state index contributed by atoms with van der Waals surface area (Å²) in [6, 6.07) is 0.969. The van der Waals surface area contributed by atoms with Gasteiger partial charge < -0.3 is 30.6 Å². The molecule has 9 nitrogen and oxygen atoms in total. The number of hydrogen-bond acceptors (Lipinski definition) is 6. The molecule has 4 fully saturated rings. The number of aromatic amines is 1. The average molecular weight is 554 g/mol. The highest BCUT2D eigenvalue weighted by Crippen LogP contribution is 2.38. The van der Waals surface area contributed by atoms with E-state index in [9.17, 15) is 9.90 Å². The van der Waals surface area contributed by atoms with Crippen molar-refractivity contribution in [3.8, 4) is 0 Å². The molecule has 5 unspecified atom stereocenters. The van der Waals surface area contributed by atoms with Gasteiger partial charge >= 0.3 is 0 Å². The third-order valence-corrected chi connectivity index (χ3v) is 9.50. The lowest BCUT2D eigenvalue weighted by Crippen LogP contribution is -2.46. The van der Waals surface area contributed by atoms with Gasteiger partial charge in [-0.1, -0.05) is 26.7 Å². The van der Waals surface area contributed by atoms with Crippen LogP contribution in [0.25, 0.3) is 0 Å². The third kappa shape index (κ3) is 7.34. The molecule has 6 rings (SSSR count). The summed E-state index contributed by atoms with van der Waals surface area (Å²) in [4.78, 5) is 26.1. The van der Waals surface area contributed by atoms with Gasteiger partial charge in [-0.3, -0.25) is 4.79 Å². The van der Waals surface area contributed by atoms with Crippen molar-refractivity contribution in [1.29, 1.82) is 0 Å². The van der Waals surface area contributed by atoms with Crippen LogP contribution in [0.3, 0.4) is 0 Å². The predicted octanol–water partition coefficient (Wildman–Crippen LogP) is 4.50. The molecule has 0 bridgehead atoms. The van der Waals surface area contributed by atoms with Crippen LogP contribution in [0.4, 0.5) is 0 Å². The van der Waals surface area contributed by atoms with E-state index in [0.717, 1.165) is 76.6 Å². The molecular formula is C31H51N7O2. The lowest BCUT2D eigenvalue weighted by Gasteiger charge is -2.29. The Kier molecular flexibility index (Phi) is 10.3. The fraction of sp³-hybridized carbons (Fsp3) is 0.774. The first-order valence-electron chi connectivity index (χ1n) is 16.0. The maximum absolute atomic E-state index is 13.4. The van der Waals surface area contributed by atoms with E-state index < -0.39 is 0 Å². The molecule has 0 spiro atoms. The summed E-state index contributed by atoms with van der Waals surface area (Å²) < 4.78 is 2.24. The number of carbonyl (C=O) groups excluding carboxylic acids is 1. The highest BCUT2D eigenvalue weighted by molar-refractivity contribution is 5.82. The van der Waals surface area contributed by atoms with E-state index in [2.05, 4.69) is 50.5 Å². The van der Waals surface area contributed by atoms with Crippen LogP contribution in [0.2, 0.25) is 0 Å². The van der Waals surface area contributed by atoms with Gasteiger partial charge in [0, 0.05) is 48.3 Å². The van der Waals surface area contributed by atoms with Gasteiger partial charge in [-0.25, -0.2) is 9.97 Å². The summed E-state index contributed by atoms with van der Waals surface area (Å²) >= 11 is 0. The largest absolute Gasteiger partial charge is 0.393 e. The first kappa shape index (κ1) is 29.3. The van der Waals surface area contributed by atoms with Crippen LogP contribution in [-0.2, 0) is 4.79 Å². The zero-order valence-corrected chi connectivity index (χ0v) is 24.5. The van der Waals surface area contributed by atoms with Gasteiger partial charge in [0.1, 0.15) is 5.82 Å². The highest BCUT2D eigenvalue weighted by atomic mass is 16.3. The summed E-state index contributed by atoms with van der Waals surface area (Å²) in [5, 5.41) is 20.7. The Morgan fingerprint density at radius 2 is 1.95 bits per heavy atom.